The molecule has 0 saturated heterocycles. The Morgan fingerprint density at radius 3 is 2.74 bits per heavy atom. The van der Waals surface area contributed by atoms with Crippen molar-refractivity contribution in [3.8, 4) is 5.75 Å². The van der Waals surface area contributed by atoms with Crippen molar-refractivity contribution in [2.75, 3.05) is 6.61 Å². The normalized spacial score (nSPS) is 10.3. The maximum absolute atomic E-state index is 12.5. The van der Waals surface area contributed by atoms with E-state index in [1.807, 2.05) is 26.0 Å². The molecule has 2 rings (SSSR count). The Morgan fingerprint density at radius 1 is 1.21 bits per heavy atom. The number of nitrogens with zero attached hydrogens (tertiary/aromatic N) is 2. The Balaban J connectivity index is 2.38. The minimum absolute atomic E-state index is 0.0583. The van der Waals surface area contributed by atoms with E-state index < -0.39 is 0 Å². The highest BCUT2D eigenvalue weighted by molar-refractivity contribution is 6.09. The summed E-state index contributed by atoms with van der Waals surface area (Å²) < 4.78 is 5.41. The fraction of sp³-hybridized carbons (Fsp3) is 0.267. The van der Waals surface area contributed by atoms with Crippen LogP contribution < -0.4 is 4.74 Å². The fourth-order valence-electron chi connectivity index (χ4n) is 1.83. The van der Waals surface area contributed by atoms with E-state index in [1.165, 1.54) is 0 Å². The minimum atomic E-state index is -0.0583. The van der Waals surface area contributed by atoms with Crippen LogP contribution in [0.15, 0.2) is 30.3 Å². The quantitative estimate of drug-likeness (QED) is 0.789. The van der Waals surface area contributed by atoms with E-state index in [2.05, 4.69) is 10.2 Å². The molecule has 2 aromatic rings. The molecule has 0 saturated carbocycles. The SMILES string of the molecule is CCOc1cccc(C(=O)c2cc(C)nnc2C)c1. The molecule has 4 heteroatoms. The first-order valence-corrected chi connectivity index (χ1v) is 6.20. The highest BCUT2D eigenvalue weighted by Crippen LogP contribution is 2.18. The zero-order chi connectivity index (χ0) is 13.8. The Morgan fingerprint density at radius 2 is 2.00 bits per heavy atom. The molecule has 0 bridgehead atoms. The van der Waals surface area contributed by atoms with Crippen molar-refractivity contribution in [3.05, 3.63) is 52.8 Å². The molecule has 0 unspecified atom stereocenters. The van der Waals surface area contributed by atoms with Crippen molar-refractivity contribution >= 4 is 5.78 Å². The molecule has 1 aromatic carbocycles. The molecule has 1 heterocycles. The zero-order valence-corrected chi connectivity index (χ0v) is 11.3. The van der Waals surface area contributed by atoms with Crippen LogP contribution in [0.4, 0.5) is 0 Å². The number of ether oxygens (including phenoxy) is 1. The van der Waals surface area contributed by atoms with Gasteiger partial charge in [0.1, 0.15) is 5.75 Å². The van der Waals surface area contributed by atoms with Crippen LogP contribution in [0.25, 0.3) is 0 Å². The summed E-state index contributed by atoms with van der Waals surface area (Å²) in [6, 6.07) is 8.94. The van der Waals surface area contributed by atoms with E-state index in [0.29, 0.717) is 29.2 Å². The van der Waals surface area contributed by atoms with E-state index in [1.54, 1.807) is 25.1 Å². The maximum atomic E-state index is 12.5. The molecule has 0 aliphatic rings. The molecule has 0 radical (unpaired) electrons. The van der Waals surface area contributed by atoms with Gasteiger partial charge in [-0.15, -0.1) is 0 Å². The van der Waals surface area contributed by atoms with Crippen molar-refractivity contribution in [1.82, 2.24) is 10.2 Å². The second kappa shape index (κ2) is 5.61. The van der Waals surface area contributed by atoms with E-state index >= 15 is 0 Å². The van der Waals surface area contributed by atoms with Crippen LogP contribution in [0, 0.1) is 13.8 Å². The van der Waals surface area contributed by atoms with Gasteiger partial charge in [-0.25, -0.2) is 0 Å². The van der Waals surface area contributed by atoms with Crippen molar-refractivity contribution < 1.29 is 9.53 Å². The average Bonchev–Trinajstić information content (AvgIpc) is 2.41. The minimum Gasteiger partial charge on any atom is -0.494 e. The van der Waals surface area contributed by atoms with Gasteiger partial charge in [0, 0.05) is 11.1 Å². The highest BCUT2D eigenvalue weighted by atomic mass is 16.5. The Hall–Kier alpha value is -2.23. The largest absolute Gasteiger partial charge is 0.494 e. The third-order valence-electron chi connectivity index (χ3n) is 2.75. The summed E-state index contributed by atoms with van der Waals surface area (Å²) in [5.41, 5.74) is 2.55. The van der Waals surface area contributed by atoms with Gasteiger partial charge in [0.25, 0.3) is 0 Å². The molecule has 0 fully saturated rings. The van der Waals surface area contributed by atoms with Crippen molar-refractivity contribution in [2.24, 2.45) is 0 Å². The van der Waals surface area contributed by atoms with Gasteiger partial charge in [-0.2, -0.15) is 10.2 Å². The standard InChI is InChI=1S/C15H16N2O2/c1-4-19-13-7-5-6-12(9-13)15(18)14-8-10(2)16-17-11(14)3/h5-9H,4H2,1-3H3. The predicted octanol–water partition coefficient (Wildman–Crippen LogP) is 2.72. The summed E-state index contributed by atoms with van der Waals surface area (Å²) in [5.74, 6) is 0.641. The molecule has 19 heavy (non-hydrogen) atoms. The molecular weight excluding hydrogens is 240 g/mol. The summed E-state index contributed by atoms with van der Waals surface area (Å²) in [6.45, 7) is 6.09. The van der Waals surface area contributed by atoms with E-state index in [4.69, 9.17) is 4.74 Å². The monoisotopic (exact) mass is 256 g/mol. The van der Waals surface area contributed by atoms with Crippen LogP contribution >= 0.6 is 0 Å². The van der Waals surface area contributed by atoms with Gasteiger partial charge < -0.3 is 4.74 Å². The highest BCUT2D eigenvalue weighted by Gasteiger charge is 2.14. The first-order chi connectivity index (χ1) is 9.11. The Kier molecular flexibility index (Phi) is 3.90. The molecule has 0 amide bonds. The lowest BCUT2D eigenvalue weighted by molar-refractivity contribution is 0.103. The number of ketones is 1. The molecule has 4 nitrogen and oxygen atoms in total. The van der Waals surface area contributed by atoms with Crippen molar-refractivity contribution in [3.63, 3.8) is 0 Å². The topological polar surface area (TPSA) is 52.1 Å². The van der Waals surface area contributed by atoms with Gasteiger partial charge in [0.2, 0.25) is 0 Å². The Bertz CT molecular complexity index is 609. The smallest absolute Gasteiger partial charge is 0.195 e. The number of aryl methyl sites for hydroxylation is 2. The van der Waals surface area contributed by atoms with Gasteiger partial charge in [-0.3, -0.25) is 4.79 Å². The molecule has 1 aromatic heterocycles. The molecule has 0 aliphatic heterocycles. The summed E-state index contributed by atoms with van der Waals surface area (Å²) in [4.78, 5) is 12.5. The van der Waals surface area contributed by atoms with E-state index in [0.717, 1.165) is 5.69 Å². The van der Waals surface area contributed by atoms with Crippen LogP contribution in [0.5, 0.6) is 5.75 Å². The second-order valence-corrected chi connectivity index (χ2v) is 4.27. The third kappa shape index (κ3) is 2.96. The molecular formula is C15H16N2O2. The number of carbonyl (C=O) groups excluding carboxylic acids is 1. The first kappa shape index (κ1) is 13.2. The summed E-state index contributed by atoms with van der Waals surface area (Å²) in [5, 5.41) is 7.92. The maximum Gasteiger partial charge on any atom is 0.195 e. The number of benzene rings is 1. The Labute approximate surface area is 112 Å². The van der Waals surface area contributed by atoms with Crippen LogP contribution in [-0.4, -0.2) is 22.6 Å². The van der Waals surface area contributed by atoms with Gasteiger partial charge in [-0.05, 0) is 39.0 Å². The lowest BCUT2D eigenvalue weighted by Crippen LogP contribution is -2.07. The number of hydrogen-bond acceptors (Lipinski definition) is 4. The van der Waals surface area contributed by atoms with E-state index in [9.17, 15) is 4.79 Å². The molecule has 0 atom stereocenters. The molecule has 0 N–H and O–H groups in total. The fourth-order valence-corrected chi connectivity index (χ4v) is 1.83. The van der Waals surface area contributed by atoms with Crippen molar-refractivity contribution in [1.29, 1.82) is 0 Å². The van der Waals surface area contributed by atoms with Crippen molar-refractivity contribution in [2.45, 2.75) is 20.8 Å². The van der Waals surface area contributed by atoms with Crippen LogP contribution in [0.1, 0.15) is 34.2 Å². The summed E-state index contributed by atoms with van der Waals surface area (Å²) in [7, 11) is 0. The third-order valence-corrected chi connectivity index (χ3v) is 2.75. The number of carbonyl (C=O) groups is 1. The van der Waals surface area contributed by atoms with Gasteiger partial charge in [0.15, 0.2) is 5.78 Å². The number of aromatic nitrogens is 2. The van der Waals surface area contributed by atoms with Crippen LogP contribution in [0.2, 0.25) is 0 Å². The summed E-state index contributed by atoms with van der Waals surface area (Å²) in [6.07, 6.45) is 0. The van der Waals surface area contributed by atoms with Crippen LogP contribution in [-0.2, 0) is 0 Å². The van der Waals surface area contributed by atoms with Gasteiger partial charge in [0.05, 0.1) is 18.0 Å². The molecule has 98 valence electrons. The van der Waals surface area contributed by atoms with Gasteiger partial charge >= 0.3 is 0 Å². The number of rotatable bonds is 4. The predicted molar refractivity (Wildman–Crippen MR) is 72.5 cm³/mol. The lowest BCUT2D eigenvalue weighted by atomic mass is 10.0. The first-order valence-electron chi connectivity index (χ1n) is 6.20. The molecule has 0 spiro atoms. The summed E-state index contributed by atoms with van der Waals surface area (Å²) >= 11 is 0. The molecule has 0 aliphatic carbocycles. The van der Waals surface area contributed by atoms with E-state index in [-0.39, 0.29) is 5.78 Å². The second-order valence-electron chi connectivity index (χ2n) is 4.27. The number of hydrogen-bond donors (Lipinski definition) is 0. The van der Waals surface area contributed by atoms with Gasteiger partial charge in [-0.1, -0.05) is 12.1 Å². The average molecular weight is 256 g/mol. The zero-order valence-electron chi connectivity index (χ0n) is 11.3. The van der Waals surface area contributed by atoms with Crippen LogP contribution in [0.3, 0.4) is 0 Å². The lowest BCUT2D eigenvalue weighted by Gasteiger charge is -2.07.